The first-order valence-electron chi connectivity index (χ1n) is 6.76. The summed E-state index contributed by atoms with van der Waals surface area (Å²) in [5.74, 6) is -0.704. The molecule has 0 heterocycles. The van der Waals surface area contributed by atoms with Crippen molar-refractivity contribution in [3.8, 4) is 0 Å². The lowest BCUT2D eigenvalue weighted by molar-refractivity contribution is -0.131. The van der Waals surface area contributed by atoms with Crippen molar-refractivity contribution in [3.05, 3.63) is 35.4 Å². The lowest BCUT2D eigenvalue weighted by Crippen LogP contribution is -2.25. The molecule has 1 rings (SSSR count). The molecule has 19 heavy (non-hydrogen) atoms. The molecule has 0 aromatic heterocycles. The first kappa shape index (κ1) is 15.6. The Bertz CT molecular complexity index is 449. The standard InChI is InChI=1S/C17H24O2/c1-11(16(12(2)18)13(3)19)14-7-9-15(10-8-14)17(4,5)6/h7-11,16H,1-6H3. The average molecular weight is 260 g/mol. The number of Topliss-reactive ketones (excluding diaryl/α,β-unsaturated/α-hetero) is 2. The van der Waals surface area contributed by atoms with E-state index in [1.54, 1.807) is 0 Å². The highest BCUT2D eigenvalue weighted by molar-refractivity contribution is 6.01. The van der Waals surface area contributed by atoms with Gasteiger partial charge in [0.25, 0.3) is 0 Å². The first-order valence-corrected chi connectivity index (χ1v) is 6.76. The predicted molar refractivity (Wildman–Crippen MR) is 78.4 cm³/mol. The Morgan fingerprint density at radius 2 is 1.37 bits per heavy atom. The fourth-order valence-electron chi connectivity index (χ4n) is 2.47. The van der Waals surface area contributed by atoms with Crippen LogP contribution in [0.15, 0.2) is 24.3 Å². The lowest BCUT2D eigenvalue weighted by atomic mass is 9.80. The predicted octanol–water partition coefficient (Wildman–Crippen LogP) is 3.88. The smallest absolute Gasteiger partial charge is 0.140 e. The maximum atomic E-state index is 11.6. The fourth-order valence-corrected chi connectivity index (χ4v) is 2.47. The number of rotatable bonds is 4. The number of hydrogen-bond acceptors (Lipinski definition) is 2. The summed E-state index contributed by atoms with van der Waals surface area (Å²) in [6.45, 7) is 11.4. The van der Waals surface area contributed by atoms with Crippen LogP contribution in [0.25, 0.3) is 0 Å². The van der Waals surface area contributed by atoms with Crippen LogP contribution >= 0.6 is 0 Å². The second kappa shape index (κ2) is 5.68. The number of carbonyl (C=O) groups is 2. The third-order valence-electron chi connectivity index (χ3n) is 3.68. The van der Waals surface area contributed by atoms with Gasteiger partial charge >= 0.3 is 0 Å². The molecule has 2 nitrogen and oxygen atoms in total. The Morgan fingerprint density at radius 1 is 0.947 bits per heavy atom. The summed E-state index contributed by atoms with van der Waals surface area (Å²) in [4.78, 5) is 23.2. The highest BCUT2D eigenvalue weighted by Gasteiger charge is 2.27. The summed E-state index contributed by atoms with van der Waals surface area (Å²) in [5, 5.41) is 0. The highest BCUT2D eigenvalue weighted by atomic mass is 16.1. The number of benzene rings is 1. The summed E-state index contributed by atoms with van der Waals surface area (Å²) in [6.07, 6.45) is 0. The van der Waals surface area contributed by atoms with Crippen LogP contribution in [0, 0.1) is 5.92 Å². The molecule has 0 aliphatic rings. The Balaban J connectivity index is 3.03. The summed E-state index contributed by atoms with van der Waals surface area (Å²) < 4.78 is 0. The van der Waals surface area contributed by atoms with Gasteiger partial charge in [0.1, 0.15) is 11.6 Å². The zero-order valence-electron chi connectivity index (χ0n) is 12.8. The van der Waals surface area contributed by atoms with Crippen LogP contribution in [0.1, 0.15) is 58.6 Å². The van der Waals surface area contributed by atoms with E-state index in [0.29, 0.717) is 0 Å². The van der Waals surface area contributed by atoms with Gasteiger partial charge < -0.3 is 0 Å². The van der Waals surface area contributed by atoms with E-state index in [9.17, 15) is 9.59 Å². The Kier molecular flexibility index (Phi) is 4.67. The van der Waals surface area contributed by atoms with E-state index >= 15 is 0 Å². The van der Waals surface area contributed by atoms with Gasteiger partial charge in [-0.15, -0.1) is 0 Å². The van der Waals surface area contributed by atoms with E-state index in [1.165, 1.54) is 19.4 Å². The first-order chi connectivity index (χ1) is 8.64. The molecule has 104 valence electrons. The summed E-state index contributed by atoms with van der Waals surface area (Å²) in [7, 11) is 0. The van der Waals surface area contributed by atoms with Crippen molar-refractivity contribution in [1.29, 1.82) is 0 Å². The van der Waals surface area contributed by atoms with Crippen molar-refractivity contribution in [2.75, 3.05) is 0 Å². The average Bonchev–Trinajstić information content (AvgIpc) is 2.27. The van der Waals surface area contributed by atoms with E-state index < -0.39 is 5.92 Å². The number of carbonyl (C=O) groups excluding carboxylic acids is 2. The summed E-state index contributed by atoms with van der Waals surface area (Å²) in [6, 6.07) is 8.24. The van der Waals surface area contributed by atoms with Crippen molar-refractivity contribution < 1.29 is 9.59 Å². The fraction of sp³-hybridized carbons (Fsp3) is 0.529. The molecular formula is C17H24O2. The van der Waals surface area contributed by atoms with E-state index in [0.717, 1.165) is 5.56 Å². The highest BCUT2D eigenvalue weighted by Crippen LogP contribution is 2.29. The van der Waals surface area contributed by atoms with Gasteiger partial charge in [0.2, 0.25) is 0 Å². The summed E-state index contributed by atoms with van der Waals surface area (Å²) >= 11 is 0. The van der Waals surface area contributed by atoms with Gasteiger partial charge in [-0.3, -0.25) is 9.59 Å². The quantitative estimate of drug-likeness (QED) is 0.770. The second-order valence-electron chi connectivity index (χ2n) is 6.36. The molecule has 0 bridgehead atoms. The second-order valence-corrected chi connectivity index (χ2v) is 6.36. The molecule has 1 aromatic carbocycles. The summed E-state index contributed by atoms with van der Waals surface area (Å²) in [5.41, 5.74) is 2.41. The molecular weight excluding hydrogens is 236 g/mol. The van der Waals surface area contributed by atoms with E-state index in [4.69, 9.17) is 0 Å². The van der Waals surface area contributed by atoms with E-state index in [1.807, 2.05) is 19.1 Å². The molecule has 0 aliphatic heterocycles. The molecule has 1 aromatic rings. The molecule has 1 atom stereocenters. The largest absolute Gasteiger partial charge is 0.299 e. The minimum atomic E-state index is -0.527. The van der Waals surface area contributed by atoms with Crippen molar-refractivity contribution in [3.63, 3.8) is 0 Å². The van der Waals surface area contributed by atoms with Crippen LogP contribution in [0.3, 0.4) is 0 Å². The number of ketones is 2. The van der Waals surface area contributed by atoms with Gasteiger partial charge in [0.15, 0.2) is 0 Å². The third kappa shape index (κ3) is 3.76. The van der Waals surface area contributed by atoms with Crippen LogP contribution in [0.4, 0.5) is 0 Å². The zero-order chi connectivity index (χ0) is 14.8. The van der Waals surface area contributed by atoms with Crippen molar-refractivity contribution >= 4 is 11.6 Å². The molecule has 0 fully saturated rings. The molecule has 0 saturated carbocycles. The topological polar surface area (TPSA) is 34.1 Å². The maximum absolute atomic E-state index is 11.6. The number of hydrogen-bond donors (Lipinski definition) is 0. The third-order valence-corrected chi connectivity index (χ3v) is 3.68. The monoisotopic (exact) mass is 260 g/mol. The van der Waals surface area contributed by atoms with Gasteiger partial charge in [-0.2, -0.15) is 0 Å². The van der Waals surface area contributed by atoms with E-state index in [-0.39, 0.29) is 22.9 Å². The van der Waals surface area contributed by atoms with Crippen molar-refractivity contribution in [1.82, 2.24) is 0 Å². The lowest BCUT2D eigenvalue weighted by Gasteiger charge is -2.22. The zero-order valence-corrected chi connectivity index (χ0v) is 12.8. The molecule has 0 saturated heterocycles. The van der Waals surface area contributed by atoms with Gasteiger partial charge in [-0.25, -0.2) is 0 Å². The van der Waals surface area contributed by atoms with Crippen LogP contribution in [0.2, 0.25) is 0 Å². The van der Waals surface area contributed by atoms with E-state index in [2.05, 4.69) is 32.9 Å². The molecule has 0 amide bonds. The molecule has 1 unspecified atom stereocenters. The Labute approximate surface area is 116 Å². The Hall–Kier alpha value is -1.44. The minimum absolute atomic E-state index is 0.0557. The Morgan fingerprint density at radius 3 is 1.68 bits per heavy atom. The van der Waals surface area contributed by atoms with Crippen LogP contribution in [-0.2, 0) is 15.0 Å². The normalized spacial score (nSPS) is 13.4. The minimum Gasteiger partial charge on any atom is -0.299 e. The van der Waals surface area contributed by atoms with Gasteiger partial charge in [-0.1, -0.05) is 52.0 Å². The van der Waals surface area contributed by atoms with Crippen LogP contribution in [-0.4, -0.2) is 11.6 Å². The molecule has 0 aliphatic carbocycles. The van der Waals surface area contributed by atoms with Crippen molar-refractivity contribution in [2.45, 2.75) is 52.9 Å². The van der Waals surface area contributed by atoms with Crippen LogP contribution < -0.4 is 0 Å². The molecule has 2 heteroatoms. The van der Waals surface area contributed by atoms with Crippen molar-refractivity contribution in [2.24, 2.45) is 5.92 Å². The van der Waals surface area contributed by atoms with Gasteiger partial charge in [0, 0.05) is 0 Å². The van der Waals surface area contributed by atoms with Gasteiger partial charge in [-0.05, 0) is 36.3 Å². The molecule has 0 radical (unpaired) electrons. The molecule has 0 N–H and O–H groups in total. The SMILES string of the molecule is CC(=O)C(C(C)=O)C(C)c1ccc(C(C)(C)C)cc1. The molecule has 0 spiro atoms. The van der Waals surface area contributed by atoms with Crippen LogP contribution in [0.5, 0.6) is 0 Å². The van der Waals surface area contributed by atoms with Gasteiger partial charge in [0.05, 0.1) is 5.92 Å². The maximum Gasteiger partial charge on any atom is 0.140 e.